The number of hydrogen-bond acceptors (Lipinski definition) is 4. The van der Waals surface area contributed by atoms with Crippen molar-refractivity contribution in [3.05, 3.63) is 24.2 Å². The Hall–Kier alpha value is -0.840. The van der Waals surface area contributed by atoms with Crippen LogP contribution in [0.5, 0.6) is 0 Å². The highest BCUT2D eigenvalue weighted by Crippen LogP contribution is 2.14. The van der Waals surface area contributed by atoms with Crippen molar-refractivity contribution in [2.24, 2.45) is 5.92 Å². The molecule has 1 fully saturated rings. The summed E-state index contributed by atoms with van der Waals surface area (Å²) in [4.78, 5) is 2.39. The quantitative estimate of drug-likeness (QED) is 0.821. The summed E-state index contributed by atoms with van der Waals surface area (Å²) in [7, 11) is 2.19. The van der Waals surface area contributed by atoms with E-state index in [-0.39, 0.29) is 6.04 Å². The van der Waals surface area contributed by atoms with Gasteiger partial charge in [0.1, 0.15) is 5.76 Å². The zero-order valence-corrected chi connectivity index (χ0v) is 12.1. The number of nitrogens with zero attached hydrogens (tertiary/aromatic N) is 1. The van der Waals surface area contributed by atoms with E-state index in [4.69, 9.17) is 9.15 Å². The third-order valence-corrected chi connectivity index (χ3v) is 3.74. The Labute approximate surface area is 116 Å². The van der Waals surface area contributed by atoms with Crippen molar-refractivity contribution in [2.75, 3.05) is 39.9 Å². The summed E-state index contributed by atoms with van der Waals surface area (Å²) in [5.41, 5.74) is 0. The molecule has 2 rings (SSSR count). The van der Waals surface area contributed by atoms with Crippen LogP contribution in [0.1, 0.15) is 31.6 Å². The summed E-state index contributed by atoms with van der Waals surface area (Å²) < 4.78 is 10.9. The smallest absolute Gasteiger partial charge is 0.120 e. The van der Waals surface area contributed by atoms with Crippen LogP contribution in [0.3, 0.4) is 0 Å². The van der Waals surface area contributed by atoms with Gasteiger partial charge < -0.3 is 19.4 Å². The molecule has 1 aromatic rings. The fourth-order valence-corrected chi connectivity index (χ4v) is 2.59. The summed E-state index contributed by atoms with van der Waals surface area (Å²) in [5, 5.41) is 3.49. The third-order valence-electron chi connectivity index (χ3n) is 3.74. The lowest BCUT2D eigenvalue weighted by Crippen LogP contribution is -2.35. The minimum absolute atomic E-state index is 0.279. The summed E-state index contributed by atoms with van der Waals surface area (Å²) in [6, 6.07) is 4.23. The molecule has 0 aliphatic carbocycles. The number of hydrogen-bond donors (Lipinski definition) is 1. The first-order valence-corrected chi connectivity index (χ1v) is 7.29. The number of likely N-dealkylation sites (N-methyl/N-ethyl adjacent to an activating group) is 1. The van der Waals surface area contributed by atoms with E-state index < -0.39 is 0 Å². The Kier molecular flexibility index (Phi) is 5.89. The lowest BCUT2D eigenvalue weighted by molar-refractivity contribution is 0.0421. The Morgan fingerprint density at radius 3 is 3.11 bits per heavy atom. The van der Waals surface area contributed by atoms with Crippen molar-refractivity contribution in [3.63, 3.8) is 0 Å². The van der Waals surface area contributed by atoms with E-state index in [1.165, 1.54) is 12.8 Å². The molecular formula is C15H26N2O2. The van der Waals surface area contributed by atoms with Gasteiger partial charge in [-0.15, -0.1) is 0 Å². The molecular weight excluding hydrogens is 240 g/mol. The first kappa shape index (κ1) is 14.6. The Morgan fingerprint density at radius 2 is 2.42 bits per heavy atom. The molecule has 19 heavy (non-hydrogen) atoms. The van der Waals surface area contributed by atoms with E-state index in [1.807, 2.05) is 12.1 Å². The highest BCUT2D eigenvalue weighted by molar-refractivity contribution is 5.02. The highest BCUT2D eigenvalue weighted by Gasteiger charge is 2.15. The zero-order valence-electron chi connectivity index (χ0n) is 12.1. The van der Waals surface area contributed by atoms with Crippen LogP contribution in [-0.2, 0) is 4.74 Å². The van der Waals surface area contributed by atoms with Crippen molar-refractivity contribution in [2.45, 2.75) is 25.8 Å². The fraction of sp³-hybridized carbons (Fsp3) is 0.733. The molecule has 1 aliphatic heterocycles. The third kappa shape index (κ3) is 4.97. The highest BCUT2D eigenvalue weighted by atomic mass is 16.5. The second-order valence-corrected chi connectivity index (χ2v) is 5.54. The summed E-state index contributed by atoms with van der Waals surface area (Å²) >= 11 is 0. The van der Waals surface area contributed by atoms with Crippen molar-refractivity contribution < 1.29 is 9.15 Å². The van der Waals surface area contributed by atoms with Crippen LogP contribution < -0.4 is 5.32 Å². The first-order valence-electron chi connectivity index (χ1n) is 7.29. The molecule has 4 heteroatoms. The molecule has 2 unspecified atom stereocenters. The summed E-state index contributed by atoms with van der Waals surface area (Å²) in [5.74, 6) is 1.71. The second-order valence-electron chi connectivity index (χ2n) is 5.54. The van der Waals surface area contributed by atoms with Crippen LogP contribution in [0, 0.1) is 5.92 Å². The average Bonchev–Trinajstić information content (AvgIpc) is 2.93. The van der Waals surface area contributed by atoms with Crippen LogP contribution >= 0.6 is 0 Å². The molecule has 0 bridgehead atoms. The van der Waals surface area contributed by atoms with Gasteiger partial charge >= 0.3 is 0 Å². The van der Waals surface area contributed by atoms with E-state index in [2.05, 4.69) is 24.2 Å². The van der Waals surface area contributed by atoms with Crippen molar-refractivity contribution in [1.29, 1.82) is 0 Å². The van der Waals surface area contributed by atoms with Gasteiger partial charge in [0, 0.05) is 26.2 Å². The number of furan rings is 1. The Balaban J connectivity index is 1.59. The van der Waals surface area contributed by atoms with E-state index in [1.54, 1.807) is 6.26 Å². The average molecular weight is 266 g/mol. The maximum absolute atomic E-state index is 5.52. The van der Waals surface area contributed by atoms with Crippen LogP contribution in [0.15, 0.2) is 22.8 Å². The van der Waals surface area contributed by atoms with Gasteiger partial charge in [-0.25, -0.2) is 0 Å². The van der Waals surface area contributed by atoms with Gasteiger partial charge in [-0.3, -0.25) is 0 Å². The lowest BCUT2D eigenvalue weighted by Gasteiger charge is -2.27. The van der Waals surface area contributed by atoms with E-state index >= 15 is 0 Å². The normalized spacial score (nSPS) is 21.7. The molecule has 1 aromatic heterocycles. The predicted octanol–water partition coefficient (Wildman–Crippen LogP) is 2.29. The molecule has 0 amide bonds. The molecule has 0 spiro atoms. The molecule has 1 N–H and O–H groups in total. The minimum Gasteiger partial charge on any atom is -0.468 e. The Morgan fingerprint density at radius 1 is 1.53 bits per heavy atom. The summed E-state index contributed by atoms with van der Waals surface area (Å²) in [6.07, 6.45) is 4.25. The standard InChI is InChI=1S/C15H26N2O2/c1-13(15-6-4-10-19-15)16-7-8-17(2)11-14-5-3-9-18-12-14/h4,6,10,13-14,16H,3,5,7-9,11-12H2,1-2H3. The van der Waals surface area contributed by atoms with Crippen LogP contribution in [0.25, 0.3) is 0 Å². The molecule has 2 atom stereocenters. The number of rotatable bonds is 7. The molecule has 1 saturated heterocycles. The Bertz CT molecular complexity index is 334. The van der Waals surface area contributed by atoms with E-state index in [9.17, 15) is 0 Å². The van der Waals surface area contributed by atoms with Gasteiger partial charge in [0.25, 0.3) is 0 Å². The van der Waals surface area contributed by atoms with E-state index in [0.29, 0.717) is 5.92 Å². The molecule has 0 aromatic carbocycles. The first-order chi connectivity index (χ1) is 9.25. The van der Waals surface area contributed by atoms with Crippen LogP contribution in [0.4, 0.5) is 0 Å². The minimum atomic E-state index is 0.279. The summed E-state index contributed by atoms with van der Waals surface area (Å²) in [6.45, 7) is 7.18. The van der Waals surface area contributed by atoms with Gasteiger partial charge in [0.2, 0.25) is 0 Å². The molecule has 108 valence electrons. The maximum Gasteiger partial charge on any atom is 0.120 e. The SMILES string of the molecule is CC(NCCN(C)CC1CCCOC1)c1ccco1. The van der Waals surface area contributed by atoms with Gasteiger partial charge in [-0.2, -0.15) is 0 Å². The predicted molar refractivity (Wildman–Crippen MR) is 76.2 cm³/mol. The monoisotopic (exact) mass is 266 g/mol. The number of ether oxygens (including phenoxy) is 1. The topological polar surface area (TPSA) is 37.6 Å². The molecule has 1 aliphatic rings. The largest absolute Gasteiger partial charge is 0.468 e. The van der Waals surface area contributed by atoms with Crippen molar-refractivity contribution in [3.8, 4) is 0 Å². The molecule has 4 nitrogen and oxygen atoms in total. The van der Waals surface area contributed by atoms with Crippen LogP contribution in [0.2, 0.25) is 0 Å². The van der Waals surface area contributed by atoms with Crippen molar-refractivity contribution >= 4 is 0 Å². The fourth-order valence-electron chi connectivity index (χ4n) is 2.59. The van der Waals surface area contributed by atoms with Gasteiger partial charge in [0.05, 0.1) is 18.9 Å². The van der Waals surface area contributed by atoms with Gasteiger partial charge in [-0.05, 0) is 44.9 Å². The van der Waals surface area contributed by atoms with Gasteiger partial charge in [-0.1, -0.05) is 0 Å². The van der Waals surface area contributed by atoms with Gasteiger partial charge in [0.15, 0.2) is 0 Å². The second kappa shape index (κ2) is 7.68. The maximum atomic E-state index is 5.52. The molecule has 0 radical (unpaired) electrons. The van der Waals surface area contributed by atoms with E-state index in [0.717, 1.165) is 38.6 Å². The zero-order chi connectivity index (χ0) is 13.5. The number of nitrogens with one attached hydrogen (secondary N) is 1. The lowest BCUT2D eigenvalue weighted by atomic mass is 10.0. The van der Waals surface area contributed by atoms with Crippen molar-refractivity contribution in [1.82, 2.24) is 10.2 Å². The molecule has 2 heterocycles. The molecule has 0 saturated carbocycles. The van der Waals surface area contributed by atoms with Crippen LogP contribution in [-0.4, -0.2) is 44.8 Å².